The first-order valence-corrected chi connectivity index (χ1v) is 7.66. The summed E-state index contributed by atoms with van der Waals surface area (Å²) < 4.78 is 43.0. The Bertz CT molecular complexity index is 615. The van der Waals surface area contributed by atoms with E-state index >= 15 is 0 Å². The number of hydrogen-bond acceptors (Lipinski definition) is 5. The second-order valence-corrected chi connectivity index (χ2v) is 5.86. The van der Waals surface area contributed by atoms with Crippen LogP contribution in [0.2, 0.25) is 0 Å². The van der Waals surface area contributed by atoms with E-state index in [-0.39, 0.29) is 6.04 Å². The zero-order valence-corrected chi connectivity index (χ0v) is 13.0. The molecule has 0 saturated heterocycles. The molecule has 0 aliphatic heterocycles. The Morgan fingerprint density at radius 1 is 1.36 bits per heavy atom. The molecule has 1 heterocycles. The number of hydrogen-bond donors (Lipinski definition) is 1. The summed E-state index contributed by atoms with van der Waals surface area (Å²) in [5, 5.41) is 6.92. The highest BCUT2D eigenvalue weighted by Crippen LogP contribution is 2.32. The summed E-state index contributed by atoms with van der Waals surface area (Å²) in [4.78, 5) is 4.74. The molecule has 0 amide bonds. The Morgan fingerprint density at radius 3 is 2.82 bits per heavy atom. The van der Waals surface area contributed by atoms with Gasteiger partial charge in [0.05, 0.1) is 11.3 Å². The van der Waals surface area contributed by atoms with Crippen LogP contribution in [0.1, 0.15) is 24.2 Å². The van der Waals surface area contributed by atoms with Crippen molar-refractivity contribution in [1.29, 1.82) is 0 Å². The van der Waals surface area contributed by atoms with Crippen LogP contribution in [-0.2, 0) is 18.3 Å². The van der Waals surface area contributed by atoms with Gasteiger partial charge < -0.3 is 9.84 Å². The monoisotopic (exact) mass is 331 g/mol. The number of thioether (sulfide) groups is 1. The van der Waals surface area contributed by atoms with Gasteiger partial charge in [0.2, 0.25) is 5.89 Å². The van der Waals surface area contributed by atoms with E-state index < -0.39 is 11.7 Å². The maximum Gasteiger partial charge on any atom is 0.416 e. The Labute approximate surface area is 130 Å². The zero-order valence-electron chi connectivity index (χ0n) is 12.1. The van der Waals surface area contributed by atoms with Crippen molar-refractivity contribution in [3.05, 3.63) is 41.5 Å². The molecule has 1 atom stereocenters. The summed E-state index contributed by atoms with van der Waals surface area (Å²) in [6.07, 6.45) is -3.70. The molecule has 0 radical (unpaired) electrons. The van der Waals surface area contributed by atoms with Crippen molar-refractivity contribution < 1.29 is 17.7 Å². The molecule has 4 nitrogen and oxygen atoms in total. The Hall–Kier alpha value is -1.54. The lowest BCUT2D eigenvalue weighted by atomic mass is 10.2. The predicted octanol–water partition coefficient (Wildman–Crippen LogP) is 3.53. The van der Waals surface area contributed by atoms with Crippen molar-refractivity contribution in [3.8, 4) is 0 Å². The van der Waals surface area contributed by atoms with Crippen LogP contribution in [0.15, 0.2) is 33.7 Å². The third-order valence-corrected chi connectivity index (χ3v) is 3.99. The number of nitrogens with one attached hydrogen (secondary N) is 1. The average molecular weight is 331 g/mol. The van der Waals surface area contributed by atoms with Gasteiger partial charge in [-0.05, 0) is 32.2 Å². The van der Waals surface area contributed by atoms with Gasteiger partial charge in [0.1, 0.15) is 0 Å². The molecular weight excluding hydrogens is 315 g/mol. The third-order valence-electron chi connectivity index (χ3n) is 3.02. The van der Waals surface area contributed by atoms with Gasteiger partial charge in [-0.1, -0.05) is 11.2 Å². The summed E-state index contributed by atoms with van der Waals surface area (Å²) in [6.45, 7) is 1.99. The minimum absolute atomic E-state index is 0.224. The van der Waals surface area contributed by atoms with E-state index in [1.807, 2.05) is 14.0 Å². The van der Waals surface area contributed by atoms with Gasteiger partial charge in [0.25, 0.3) is 0 Å². The Morgan fingerprint density at radius 2 is 2.14 bits per heavy atom. The smallest absolute Gasteiger partial charge is 0.338 e. The third kappa shape index (κ3) is 4.74. The molecule has 2 aromatic rings. The zero-order chi connectivity index (χ0) is 16.2. The van der Waals surface area contributed by atoms with E-state index in [0.29, 0.717) is 28.8 Å². The number of alkyl halides is 3. The first-order chi connectivity index (χ1) is 10.4. The minimum Gasteiger partial charge on any atom is -0.338 e. The minimum atomic E-state index is -4.34. The van der Waals surface area contributed by atoms with Crippen LogP contribution in [0.3, 0.4) is 0 Å². The molecule has 0 bridgehead atoms. The Kier molecular flexibility index (Phi) is 5.47. The van der Waals surface area contributed by atoms with E-state index in [4.69, 9.17) is 4.52 Å². The number of rotatable bonds is 6. The van der Waals surface area contributed by atoms with Crippen molar-refractivity contribution in [2.45, 2.75) is 36.2 Å². The fraction of sp³-hybridized carbons (Fsp3) is 0.429. The highest BCUT2D eigenvalue weighted by atomic mass is 32.2. The van der Waals surface area contributed by atoms with Crippen molar-refractivity contribution in [2.75, 3.05) is 7.05 Å². The van der Waals surface area contributed by atoms with E-state index in [9.17, 15) is 13.2 Å². The van der Waals surface area contributed by atoms with Gasteiger partial charge in [-0.25, -0.2) is 0 Å². The number of aromatic nitrogens is 2. The lowest BCUT2D eigenvalue weighted by Gasteiger charge is -2.07. The summed E-state index contributed by atoms with van der Waals surface area (Å²) in [6, 6.07) is 5.40. The summed E-state index contributed by atoms with van der Waals surface area (Å²) in [7, 11) is 1.84. The Balaban J connectivity index is 1.96. The average Bonchev–Trinajstić information content (AvgIpc) is 2.92. The van der Waals surface area contributed by atoms with Crippen LogP contribution in [0.25, 0.3) is 0 Å². The summed E-state index contributed by atoms with van der Waals surface area (Å²) in [5.41, 5.74) is -0.661. The topological polar surface area (TPSA) is 51.0 Å². The molecule has 1 N–H and O–H groups in total. The van der Waals surface area contributed by atoms with Gasteiger partial charge in [-0.2, -0.15) is 18.2 Å². The van der Waals surface area contributed by atoms with Crippen LogP contribution in [-0.4, -0.2) is 23.2 Å². The van der Waals surface area contributed by atoms with Gasteiger partial charge in [-0.15, -0.1) is 11.8 Å². The quantitative estimate of drug-likeness (QED) is 0.821. The first kappa shape index (κ1) is 16.8. The van der Waals surface area contributed by atoms with Gasteiger partial charge in [0.15, 0.2) is 5.82 Å². The van der Waals surface area contributed by atoms with Crippen molar-refractivity contribution >= 4 is 11.8 Å². The molecule has 1 aromatic carbocycles. The van der Waals surface area contributed by atoms with Gasteiger partial charge >= 0.3 is 6.18 Å². The van der Waals surface area contributed by atoms with Gasteiger partial charge in [-0.3, -0.25) is 0 Å². The predicted molar refractivity (Wildman–Crippen MR) is 77.5 cm³/mol. The maximum atomic E-state index is 12.6. The SMILES string of the molecule is CNC(C)Cc1noc(CSc2cccc(C(F)(F)F)c2)n1. The number of likely N-dealkylation sites (N-methyl/N-ethyl adjacent to an activating group) is 1. The second kappa shape index (κ2) is 7.15. The molecule has 0 fully saturated rings. The highest BCUT2D eigenvalue weighted by Gasteiger charge is 2.30. The van der Waals surface area contributed by atoms with E-state index in [1.54, 1.807) is 6.07 Å². The van der Waals surface area contributed by atoms with E-state index in [2.05, 4.69) is 15.5 Å². The molecule has 0 aliphatic carbocycles. The normalized spacial score (nSPS) is 13.3. The standard InChI is InChI=1S/C14H16F3N3OS/c1-9(18-2)6-12-19-13(21-20-12)8-22-11-5-3-4-10(7-11)14(15,16)17/h3-5,7,9,18H,6,8H2,1-2H3. The van der Waals surface area contributed by atoms with Crippen molar-refractivity contribution in [2.24, 2.45) is 0 Å². The summed E-state index contributed by atoms with van der Waals surface area (Å²) in [5.74, 6) is 1.32. The molecule has 0 aliphatic rings. The van der Waals surface area contributed by atoms with Crippen LogP contribution < -0.4 is 5.32 Å². The molecule has 120 valence electrons. The molecule has 8 heteroatoms. The van der Waals surface area contributed by atoms with Gasteiger partial charge in [0, 0.05) is 17.4 Å². The molecular formula is C14H16F3N3OS. The number of nitrogens with zero attached hydrogens (tertiary/aromatic N) is 2. The fourth-order valence-electron chi connectivity index (χ4n) is 1.71. The van der Waals surface area contributed by atoms with Crippen LogP contribution >= 0.6 is 11.8 Å². The summed E-state index contributed by atoms with van der Waals surface area (Å²) >= 11 is 1.23. The molecule has 1 aromatic heterocycles. The number of benzene rings is 1. The second-order valence-electron chi connectivity index (χ2n) is 4.81. The van der Waals surface area contributed by atoms with Crippen LogP contribution in [0, 0.1) is 0 Å². The highest BCUT2D eigenvalue weighted by molar-refractivity contribution is 7.98. The molecule has 22 heavy (non-hydrogen) atoms. The first-order valence-electron chi connectivity index (χ1n) is 6.67. The van der Waals surface area contributed by atoms with Crippen LogP contribution in [0.4, 0.5) is 13.2 Å². The molecule has 2 rings (SSSR count). The molecule has 1 unspecified atom stereocenters. The lowest BCUT2D eigenvalue weighted by molar-refractivity contribution is -0.137. The van der Waals surface area contributed by atoms with E-state index in [0.717, 1.165) is 12.1 Å². The number of halogens is 3. The largest absolute Gasteiger partial charge is 0.416 e. The van der Waals surface area contributed by atoms with Crippen LogP contribution in [0.5, 0.6) is 0 Å². The van der Waals surface area contributed by atoms with Crippen molar-refractivity contribution in [1.82, 2.24) is 15.5 Å². The van der Waals surface area contributed by atoms with E-state index in [1.165, 1.54) is 17.8 Å². The molecule has 0 saturated carbocycles. The maximum absolute atomic E-state index is 12.6. The fourth-order valence-corrected chi connectivity index (χ4v) is 2.51. The molecule has 0 spiro atoms. The lowest BCUT2D eigenvalue weighted by Crippen LogP contribution is -2.24. The van der Waals surface area contributed by atoms with Crippen molar-refractivity contribution in [3.63, 3.8) is 0 Å².